The van der Waals surface area contributed by atoms with Crippen molar-refractivity contribution in [1.29, 1.82) is 0 Å². The molecule has 4 rings (SSSR count). The number of aliphatic carboxylic acids is 1. The standard InChI is InChI=1S/C28H37N3O4/c1-30-14-3-5-22(30)6-4-15-31-16-12-20(21(19-31)17-28(33)34)7-10-27(32)24-11-13-29-26-9-8-23(35-2)18-25(24)26/h3,5,8-9,11,13-14,18,20-21,27,32H,4,6-7,10,12,15-17,19H2,1-2H3,(H,33,34)/t20-,21+,27-/m1/s1. The summed E-state index contributed by atoms with van der Waals surface area (Å²) in [6, 6.07) is 11.8. The van der Waals surface area contributed by atoms with E-state index >= 15 is 0 Å². The fourth-order valence-corrected chi connectivity index (χ4v) is 5.53. The van der Waals surface area contributed by atoms with Crippen molar-refractivity contribution in [1.82, 2.24) is 14.5 Å². The van der Waals surface area contributed by atoms with E-state index < -0.39 is 12.1 Å². The molecule has 0 bridgehead atoms. The molecular formula is C28H37N3O4. The van der Waals surface area contributed by atoms with Gasteiger partial charge in [0.2, 0.25) is 0 Å². The van der Waals surface area contributed by atoms with Crippen molar-refractivity contribution in [2.75, 3.05) is 26.7 Å². The van der Waals surface area contributed by atoms with Gasteiger partial charge in [0.05, 0.1) is 18.7 Å². The number of carbonyl (C=O) groups is 1. The average Bonchev–Trinajstić information content (AvgIpc) is 3.26. The summed E-state index contributed by atoms with van der Waals surface area (Å²) < 4.78 is 7.52. The minimum absolute atomic E-state index is 0.109. The number of nitrogens with zero attached hydrogens (tertiary/aromatic N) is 3. The van der Waals surface area contributed by atoms with Crippen LogP contribution in [0.5, 0.6) is 5.75 Å². The van der Waals surface area contributed by atoms with E-state index in [9.17, 15) is 15.0 Å². The highest BCUT2D eigenvalue weighted by Gasteiger charge is 2.31. The van der Waals surface area contributed by atoms with Gasteiger partial charge in [0, 0.05) is 43.5 Å². The zero-order valence-electron chi connectivity index (χ0n) is 20.8. The van der Waals surface area contributed by atoms with Crippen molar-refractivity contribution in [3.05, 3.63) is 60.0 Å². The smallest absolute Gasteiger partial charge is 0.303 e. The highest BCUT2D eigenvalue weighted by molar-refractivity contribution is 5.83. The van der Waals surface area contributed by atoms with Crippen molar-refractivity contribution in [2.24, 2.45) is 18.9 Å². The molecule has 2 N–H and O–H groups in total. The van der Waals surface area contributed by atoms with Crippen LogP contribution in [0.4, 0.5) is 0 Å². The zero-order valence-corrected chi connectivity index (χ0v) is 20.8. The Balaban J connectivity index is 1.35. The molecular weight excluding hydrogens is 442 g/mol. The number of carboxylic acid groups (broad SMARTS) is 1. The predicted octanol–water partition coefficient (Wildman–Crippen LogP) is 4.44. The summed E-state index contributed by atoms with van der Waals surface area (Å²) in [5, 5.41) is 21.5. The first-order valence-corrected chi connectivity index (χ1v) is 12.6. The summed E-state index contributed by atoms with van der Waals surface area (Å²) in [5.74, 6) is 0.406. The Bertz CT molecular complexity index is 1130. The number of piperidine rings is 1. The summed E-state index contributed by atoms with van der Waals surface area (Å²) >= 11 is 0. The van der Waals surface area contributed by atoms with Crippen molar-refractivity contribution in [3.8, 4) is 5.75 Å². The molecule has 7 heteroatoms. The number of carboxylic acids is 1. The van der Waals surface area contributed by atoms with Crippen LogP contribution < -0.4 is 4.74 Å². The lowest BCUT2D eigenvalue weighted by Crippen LogP contribution is -2.42. The Morgan fingerprint density at radius 3 is 2.86 bits per heavy atom. The van der Waals surface area contributed by atoms with Crippen molar-refractivity contribution in [2.45, 2.75) is 44.6 Å². The van der Waals surface area contributed by atoms with Gasteiger partial charge in [0.1, 0.15) is 5.75 Å². The van der Waals surface area contributed by atoms with E-state index in [0.29, 0.717) is 12.3 Å². The molecule has 0 unspecified atom stereocenters. The van der Waals surface area contributed by atoms with E-state index in [-0.39, 0.29) is 12.3 Å². The molecule has 35 heavy (non-hydrogen) atoms. The van der Waals surface area contributed by atoms with Gasteiger partial charge in [-0.3, -0.25) is 9.78 Å². The maximum absolute atomic E-state index is 11.6. The molecule has 1 aliphatic heterocycles. The largest absolute Gasteiger partial charge is 0.497 e. The highest BCUT2D eigenvalue weighted by atomic mass is 16.5. The maximum atomic E-state index is 11.6. The van der Waals surface area contributed by atoms with Crippen LogP contribution in [0.3, 0.4) is 0 Å². The Morgan fingerprint density at radius 1 is 1.26 bits per heavy atom. The molecule has 3 atom stereocenters. The first kappa shape index (κ1) is 25.2. The molecule has 1 aromatic carbocycles. The Hall–Kier alpha value is -2.90. The molecule has 0 spiro atoms. The summed E-state index contributed by atoms with van der Waals surface area (Å²) in [6.07, 6.45) is 7.85. The third-order valence-corrected chi connectivity index (χ3v) is 7.52. The number of methoxy groups -OCH3 is 1. The summed E-state index contributed by atoms with van der Waals surface area (Å²) in [4.78, 5) is 18.4. The van der Waals surface area contributed by atoms with Crippen molar-refractivity contribution < 1.29 is 19.7 Å². The van der Waals surface area contributed by atoms with Gasteiger partial charge in [-0.15, -0.1) is 0 Å². The molecule has 7 nitrogen and oxygen atoms in total. The number of aliphatic hydroxyl groups is 1. The van der Waals surface area contributed by atoms with Crippen LogP contribution in [-0.2, 0) is 18.3 Å². The number of aryl methyl sites for hydroxylation is 2. The topological polar surface area (TPSA) is 87.8 Å². The number of fused-ring (bicyclic) bond motifs is 1. The number of hydrogen-bond acceptors (Lipinski definition) is 5. The van der Waals surface area contributed by atoms with Crippen LogP contribution in [0.1, 0.15) is 49.5 Å². The van der Waals surface area contributed by atoms with Crippen LogP contribution in [-0.4, -0.2) is 57.4 Å². The molecule has 1 fully saturated rings. The number of benzene rings is 1. The molecule has 0 radical (unpaired) electrons. The van der Waals surface area contributed by atoms with Crippen molar-refractivity contribution >= 4 is 16.9 Å². The van der Waals surface area contributed by atoms with Crippen LogP contribution in [0.25, 0.3) is 10.9 Å². The van der Waals surface area contributed by atoms with Crippen LogP contribution >= 0.6 is 0 Å². The maximum Gasteiger partial charge on any atom is 0.303 e. The second kappa shape index (κ2) is 11.7. The lowest BCUT2D eigenvalue weighted by atomic mass is 9.79. The minimum atomic E-state index is -0.738. The minimum Gasteiger partial charge on any atom is -0.497 e. The van der Waals surface area contributed by atoms with Gasteiger partial charge in [-0.2, -0.15) is 0 Å². The van der Waals surface area contributed by atoms with Gasteiger partial charge in [-0.05, 0) is 99.0 Å². The van der Waals surface area contributed by atoms with E-state index in [1.165, 1.54) is 5.69 Å². The molecule has 188 valence electrons. The van der Waals surface area contributed by atoms with Crippen LogP contribution in [0.2, 0.25) is 0 Å². The van der Waals surface area contributed by atoms with E-state index in [0.717, 1.165) is 67.5 Å². The summed E-state index contributed by atoms with van der Waals surface area (Å²) in [6.45, 7) is 2.79. The number of likely N-dealkylation sites (tertiary alicyclic amines) is 1. The molecule has 0 aliphatic carbocycles. The van der Waals surface area contributed by atoms with Gasteiger partial charge in [0.25, 0.3) is 0 Å². The number of hydrogen-bond donors (Lipinski definition) is 2. The fourth-order valence-electron chi connectivity index (χ4n) is 5.53. The lowest BCUT2D eigenvalue weighted by molar-refractivity contribution is -0.139. The lowest BCUT2D eigenvalue weighted by Gasteiger charge is -2.38. The Kier molecular flexibility index (Phi) is 8.42. The van der Waals surface area contributed by atoms with Crippen LogP contribution in [0.15, 0.2) is 48.8 Å². The number of rotatable bonds is 11. The zero-order chi connectivity index (χ0) is 24.8. The van der Waals surface area contributed by atoms with Gasteiger partial charge < -0.3 is 24.4 Å². The molecule has 0 amide bonds. The molecule has 2 aromatic heterocycles. The molecule has 0 saturated carbocycles. The number of aliphatic hydroxyl groups excluding tert-OH is 1. The van der Waals surface area contributed by atoms with Gasteiger partial charge in [0.15, 0.2) is 0 Å². The molecule has 3 aromatic rings. The predicted molar refractivity (Wildman–Crippen MR) is 137 cm³/mol. The fraction of sp³-hybridized carbons (Fsp3) is 0.500. The monoisotopic (exact) mass is 479 g/mol. The van der Waals surface area contributed by atoms with E-state index in [2.05, 4.69) is 39.8 Å². The summed E-state index contributed by atoms with van der Waals surface area (Å²) in [5.41, 5.74) is 3.01. The number of ether oxygens (including phenoxy) is 1. The third-order valence-electron chi connectivity index (χ3n) is 7.52. The van der Waals surface area contributed by atoms with E-state index in [1.54, 1.807) is 13.3 Å². The normalized spacial score (nSPS) is 19.6. The number of aromatic nitrogens is 2. The Morgan fingerprint density at radius 2 is 2.11 bits per heavy atom. The molecule has 1 saturated heterocycles. The second-order valence-corrected chi connectivity index (χ2v) is 9.80. The third kappa shape index (κ3) is 6.41. The number of pyridine rings is 1. The van der Waals surface area contributed by atoms with Gasteiger partial charge in [-0.1, -0.05) is 0 Å². The Labute approximate surface area is 207 Å². The van der Waals surface area contributed by atoms with E-state index in [1.807, 2.05) is 24.3 Å². The average molecular weight is 480 g/mol. The first-order valence-electron chi connectivity index (χ1n) is 12.6. The molecule has 3 heterocycles. The van der Waals surface area contributed by atoms with Gasteiger partial charge in [-0.25, -0.2) is 0 Å². The first-order chi connectivity index (χ1) is 16.9. The van der Waals surface area contributed by atoms with E-state index in [4.69, 9.17) is 4.74 Å². The van der Waals surface area contributed by atoms with Gasteiger partial charge >= 0.3 is 5.97 Å². The summed E-state index contributed by atoms with van der Waals surface area (Å²) in [7, 11) is 3.70. The second-order valence-electron chi connectivity index (χ2n) is 9.80. The van der Waals surface area contributed by atoms with Crippen molar-refractivity contribution in [3.63, 3.8) is 0 Å². The van der Waals surface area contributed by atoms with Crippen LogP contribution in [0, 0.1) is 11.8 Å². The highest BCUT2D eigenvalue weighted by Crippen LogP contribution is 2.34. The molecule has 1 aliphatic rings. The SMILES string of the molecule is COc1ccc2nccc([C@H](O)CC[C@@H]3CCN(CCCc4cccn4C)C[C@@H]3CC(=O)O)c2c1. The quantitative estimate of drug-likeness (QED) is 0.423.